The predicted octanol–water partition coefficient (Wildman–Crippen LogP) is 3.96. The Hall–Kier alpha value is 0.0649. The Bertz CT molecular complexity index is 78.9. The molecule has 1 atom stereocenters. The Labute approximate surface area is 72.8 Å². The number of unbranched alkanes of at least 4 members (excludes halogenated alkanes) is 1. The maximum Gasteiger partial charge on any atom is 0.133 e. The highest BCUT2D eigenvalue weighted by Gasteiger charge is 2.09. The van der Waals surface area contributed by atoms with Crippen LogP contribution in [-0.2, 0) is 0 Å². The van der Waals surface area contributed by atoms with Crippen molar-refractivity contribution in [1.29, 1.82) is 0 Å². The van der Waals surface area contributed by atoms with Crippen molar-refractivity contribution in [1.82, 2.24) is 0 Å². The van der Waals surface area contributed by atoms with Gasteiger partial charge in [0.2, 0.25) is 0 Å². The predicted molar refractivity (Wildman–Crippen MR) is 55.6 cm³/mol. The summed E-state index contributed by atoms with van der Waals surface area (Å²) >= 11 is 0. The molecule has 1 heteroatoms. The van der Waals surface area contributed by atoms with Crippen LogP contribution in [0.4, 0.5) is 0 Å². The van der Waals surface area contributed by atoms with E-state index in [0.29, 0.717) is 0 Å². The summed E-state index contributed by atoms with van der Waals surface area (Å²) in [5, 5.41) is 0. The summed E-state index contributed by atoms with van der Waals surface area (Å²) in [5.74, 6) is 0.995. The maximum atomic E-state index is 2.33. The Balaban J connectivity index is 3.41. The van der Waals surface area contributed by atoms with Gasteiger partial charge in [0, 0.05) is 0 Å². The van der Waals surface area contributed by atoms with Gasteiger partial charge in [-0.05, 0) is 5.92 Å². The molecule has 0 fully saturated rings. The van der Waals surface area contributed by atoms with Gasteiger partial charge in [0.1, 0.15) is 6.71 Å². The molecule has 0 heterocycles. The standard InChI is InChI=1S/C10H23B/c1-5-7-8-10(6-2)9-11(3)4/h10H,5-9H2,1-4H3. The molecule has 66 valence electrons. The number of rotatable bonds is 6. The van der Waals surface area contributed by atoms with Crippen LogP contribution in [0, 0.1) is 5.92 Å². The van der Waals surface area contributed by atoms with Gasteiger partial charge in [0.05, 0.1) is 0 Å². The second-order valence-electron chi connectivity index (χ2n) is 4.05. The zero-order valence-electron chi connectivity index (χ0n) is 8.69. The number of hydrogen-bond donors (Lipinski definition) is 0. The third-order valence-electron chi connectivity index (χ3n) is 2.35. The van der Waals surface area contributed by atoms with Gasteiger partial charge in [-0.2, -0.15) is 0 Å². The van der Waals surface area contributed by atoms with E-state index in [1.807, 2.05) is 0 Å². The molecule has 0 saturated carbocycles. The number of hydrogen-bond acceptors (Lipinski definition) is 0. The summed E-state index contributed by atoms with van der Waals surface area (Å²) in [7, 11) is 0. The zero-order valence-corrected chi connectivity index (χ0v) is 8.69. The van der Waals surface area contributed by atoms with Crippen molar-refractivity contribution in [2.45, 2.75) is 59.5 Å². The molecule has 0 amide bonds. The van der Waals surface area contributed by atoms with E-state index >= 15 is 0 Å². The van der Waals surface area contributed by atoms with Crippen LogP contribution in [0.3, 0.4) is 0 Å². The average Bonchev–Trinajstić information content (AvgIpc) is 1.97. The van der Waals surface area contributed by atoms with Crippen LogP contribution in [0.5, 0.6) is 0 Å². The molecule has 0 bridgehead atoms. The van der Waals surface area contributed by atoms with E-state index in [9.17, 15) is 0 Å². The highest BCUT2D eigenvalue weighted by molar-refractivity contribution is 6.55. The van der Waals surface area contributed by atoms with Gasteiger partial charge in [-0.1, -0.05) is 59.5 Å². The third-order valence-corrected chi connectivity index (χ3v) is 2.35. The molecular formula is C10H23B. The summed E-state index contributed by atoms with van der Waals surface area (Å²) in [6.07, 6.45) is 7.03. The molecule has 0 aromatic rings. The first-order chi connectivity index (χ1) is 5.20. The van der Waals surface area contributed by atoms with Crippen LogP contribution in [0.1, 0.15) is 39.5 Å². The minimum Gasteiger partial charge on any atom is -0.0863 e. The molecule has 0 radical (unpaired) electrons. The van der Waals surface area contributed by atoms with Crippen molar-refractivity contribution in [2.75, 3.05) is 0 Å². The zero-order chi connectivity index (χ0) is 8.69. The fourth-order valence-electron chi connectivity index (χ4n) is 1.65. The van der Waals surface area contributed by atoms with Crippen molar-refractivity contribution in [3.63, 3.8) is 0 Å². The Morgan fingerprint density at radius 3 is 2.18 bits per heavy atom. The monoisotopic (exact) mass is 154 g/mol. The lowest BCUT2D eigenvalue weighted by molar-refractivity contribution is 0.488. The Morgan fingerprint density at radius 1 is 1.18 bits per heavy atom. The minimum absolute atomic E-state index is 0.886. The molecule has 0 aromatic heterocycles. The first-order valence-electron chi connectivity index (χ1n) is 5.20. The fourth-order valence-corrected chi connectivity index (χ4v) is 1.65. The highest BCUT2D eigenvalue weighted by Crippen LogP contribution is 2.18. The Kier molecular flexibility index (Phi) is 6.80. The Morgan fingerprint density at radius 2 is 1.82 bits per heavy atom. The maximum absolute atomic E-state index is 2.33. The molecule has 0 spiro atoms. The van der Waals surface area contributed by atoms with E-state index in [1.54, 1.807) is 0 Å². The second kappa shape index (κ2) is 6.76. The molecule has 0 aliphatic rings. The summed E-state index contributed by atoms with van der Waals surface area (Å²) < 4.78 is 0. The van der Waals surface area contributed by atoms with E-state index in [2.05, 4.69) is 27.5 Å². The van der Waals surface area contributed by atoms with Crippen molar-refractivity contribution < 1.29 is 0 Å². The lowest BCUT2D eigenvalue weighted by Crippen LogP contribution is -2.08. The van der Waals surface area contributed by atoms with Crippen LogP contribution in [0.2, 0.25) is 20.0 Å². The van der Waals surface area contributed by atoms with Crippen molar-refractivity contribution in [2.24, 2.45) is 5.92 Å². The topological polar surface area (TPSA) is 0 Å². The fraction of sp³-hybridized carbons (Fsp3) is 1.00. The van der Waals surface area contributed by atoms with Gasteiger partial charge in [-0.15, -0.1) is 0 Å². The van der Waals surface area contributed by atoms with Gasteiger partial charge in [0.25, 0.3) is 0 Å². The van der Waals surface area contributed by atoms with E-state index in [0.717, 1.165) is 12.6 Å². The van der Waals surface area contributed by atoms with Crippen molar-refractivity contribution >= 4 is 6.71 Å². The van der Waals surface area contributed by atoms with Gasteiger partial charge < -0.3 is 0 Å². The highest BCUT2D eigenvalue weighted by atomic mass is 14.1. The summed E-state index contributed by atoms with van der Waals surface area (Å²) in [4.78, 5) is 0. The lowest BCUT2D eigenvalue weighted by atomic mass is 9.49. The van der Waals surface area contributed by atoms with E-state index < -0.39 is 0 Å². The summed E-state index contributed by atoms with van der Waals surface area (Å²) in [5.41, 5.74) is 0. The minimum atomic E-state index is 0.886. The molecule has 0 N–H and O–H groups in total. The third kappa shape index (κ3) is 6.46. The van der Waals surface area contributed by atoms with E-state index in [-0.39, 0.29) is 0 Å². The van der Waals surface area contributed by atoms with E-state index in [1.165, 1.54) is 32.0 Å². The van der Waals surface area contributed by atoms with Crippen LogP contribution in [0.25, 0.3) is 0 Å². The van der Waals surface area contributed by atoms with E-state index in [4.69, 9.17) is 0 Å². The molecule has 0 rings (SSSR count). The first kappa shape index (κ1) is 11.1. The molecule has 0 nitrogen and oxygen atoms in total. The molecule has 11 heavy (non-hydrogen) atoms. The molecular weight excluding hydrogens is 131 g/mol. The molecule has 0 saturated heterocycles. The summed E-state index contributed by atoms with van der Waals surface area (Å²) in [6, 6.07) is 0. The molecule has 0 aliphatic carbocycles. The smallest absolute Gasteiger partial charge is 0.0863 e. The summed E-state index contributed by atoms with van der Waals surface area (Å²) in [6.45, 7) is 10.1. The van der Waals surface area contributed by atoms with Crippen LogP contribution in [0.15, 0.2) is 0 Å². The van der Waals surface area contributed by atoms with Crippen LogP contribution < -0.4 is 0 Å². The lowest BCUT2D eigenvalue weighted by Gasteiger charge is -2.14. The van der Waals surface area contributed by atoms with Gasteiger partial charge in [0.15, 0.2) is 0 Å². The largest absolute Gasteiger partial charge is 0.133 e. The molecule has 0 aromatic carbocycles. The van der Waals surface area contributed by atoms with Crippen molar-refractivity contribution in [3.8, 4) is 0 Å². The molecule has 1 unspecified atom stereocenters. The van der Waals surface area contributed by atoms with Gasteiger partial charge >= 0.3 is 0 Å². The molecule has 0 aliphatic heterocycles. The van der Waals surface area contributed by atoms with Crippen LogP contribution in [-0.4, -0.2) is 6.71 Å². The normalized spacial score (nSPS) is 13.1. The quantitative estimate of drug-likeness (QED) is 0.508. The SMILES string of the molecule is CCCCC(CC)CB(C)C. The van der Waals surface area contributed by atoms with Crippen LogP contribution >= 0.6 is 0 Å². The van der Waals surface area contributed by atoms with Crippen molar-refractivity contribution in [3.05, 3.63) is 0 Å². The first-order valence-corrected chi connectivity index (χ1v) is 5.20. The average molecular weight is 154 g/mol. The van der Waals surface area contributed by atoms with Gasteiger partial charge in [-0.3, -0.25) is 0 Å². The second-order valence-corrected chi connectivity index (χ2v) is 4.05. The van der Waals surface area contributed by atoms with Gasteiger partial charge in [-0.25, -0.2) is 0 Å².